The monoisotopic (exact) mass is 350 g/mol. The van der Waals surface area contributed by atoms with Gasteiger partial charge in [0.05, 0.1) is 24.6 Å². The molecular weight excluding hydrogens is 328 g/mol. The van der Waals surface area contributed by atoms with Crippen LogP contribution in [0.5, 0.6) is 11.6 Å². The van der Waals surface area contributed by atoms with Gasteiger partial charge in [-0.05, 0) is 31.5 Å². The van der Waals surface area contributed by atoms with Crippen LogP contribution in [0.25, 0.3) is 0 Å². The number of ether oxygens (including phenoxy) is 1. The Hall–Kier alpha value is -2.80. The molecule has 4 heterocycles. The molecule has 0 radical (unpaired) electrons. The quantitative estimate of drug-likeness (QED) is 0.705. The van der Waals surface area contributed by atoms with Gasteiger partial charge in [0.25, 0.3) is 0 Å². The van der Waals surface area contributed by atoms with Gasteiger partial charge in [0, 0.05) is 44.3 Å². The molecule has 1 aliphatic heterocycles. The van der Waals surface area contributed by atoms with E-state index in [-0.39, 0.29) is 0 Å². The van der Waals surface area contributed by atoms with Gasteiger partial charge in [-0.3, -0.25) is 14.9 Å². The van der Waals surface area contributed by atoms with Crippen LogP contribution in [-0.4, -0.2) is 42.5 Å². The first-order valence-corrected chi connectivity index (χ1v) is 8.86. The number of nitrogens with zero attached hydrogens (tertiary/aromatic N) is 6. The Morgan fingerprint density at radius 1 is 1.19 bits per heavy atom. The molecule has 1 unspecified atom stereocenters. The topological polar surface area (TPSA) is 69.0 Å². The second-order valence-electron chi connectivity index (χ2n) is 6.60. The smallest absolute Gasteiger partial charge is 0.238 e. The minimum Gasteiger partial charge on any atom is -0.436 e. The van der Waals surface area contributed by atoms with Crippen molar-refractivity contribution in [2.45, 2.75) is 25.3 Å². The van der Waals surface area contributed by atoms with Gasteiger partial charge in [-0.15, -0.1) is 0 Å². The average molecular weight is 350 g/mol. The summed E-state index contributed by atoms with van der Waals surface area (Å²) in [6, 6.07) is 3.69. The van der Waals surface area contributed by atoms with Crippen molar-refractivity contribution in [3.63, 3.8) is 0 Å². The summed E-state index contributed by atoms with van der Waals surface area (Å²) in [6.45, 7) is 2.90. The minimum atomic E-state index is 0.356. The summed E-state index contributed by atoms with van der Waals surface area (Å²) in [5.41, 5.74) is 0.982. The molecule has 3 aromatic heterocycles. The number of piperidine rings is 1. The van der Waals surface area contributed by atoms with E-state index in [2.05, 4.69) is 29.4 Å². The maximum absolute atomic E-state index is 5.77. The van der Waals surface area contributed by atoms with E-state index >= 15 is 0 Å². The van der Waals surface area contributed by atoms with Crippen LogP contribution in [0, 0.1) is 0 Å². The molecule has 1 saturated heterocycles. The molecule has 1 fully saturated rings. The fourth-order valence-corrected chi connectivity index (χ4v) is 3.33. The lowest BCUT2D eigenvalue weighted by Crippen LogP contribution is -2.35. The number of pyridine rings is 1. The number of hydrogen-bond donors (Lipinski definition) is 0. The van der Waals surface area contributed by atoms with Gasteiger partial charge in [-0.1, -0.05) is 0 Å². The third-order valence-electron chi connectivity index (χ3n) is 4.70. The molecule has 4 rings (SSSR count). The van der Waals surface area contributed by atoms with E-state index in [4.69, 9.17) is 4.74 Å². The summed E-state index contributed by atoms with van der Waals surface area (Å²) in [5.74, 6) is 2.62. The molecule has 0 saturated carbocycles. The zero-order valence-corrected chi connectivity index (χ0v) is 14.8. The van der Waals surface area contributed by atoms with Crippen molar-refractivity contribution < 1.29 is 4.74 Å². The maximum Gasteiger partial charge on any atom is 0.238 e. The molecule has 3 aromatic rings. The van der Waals surface area contributed by atoms with Crippen molar-refractivity contribution >= 4 is 0 Å². The summed E-state index contributed by atoms with van der Waals surface area (Å²) < 4.78 is 7.85. The molecular formula is C19H22N6O. The lowest BCUT2D eigenvalue weighted by molar-refractivity contribution is 0.192. The Morgan fingerprint density at radius 3 is 2.96 bits per heavy atom. The van der Waals surface area contributed by atoms with Crippen LogP contribution in [0.3, 0.4) is 0 Å². The molecule has 7 nitrogen and oxygen atoms in total. The molecule has 1 aliphatic rings. The van der Waals surface area contributed by atoms with Gasteiger partial charge < -0.3 is 9.30 Å². The number of hydrogen-bond acceptors (Lipinski definition) is 6. The van der Waals surface area contributed by atoms with E-state index in [0.29, 0.717) is 17.5 Å². The highest BCUT2D eigenvalue weighted by Gasteiger charge is 2.24. The van der Waals surface area contributed by atoms with Crippen molar-refractivity contribution in [1.29, 1.82) is 0 Å². The predicted molar refractivity (Wildman–Crippen MR) is 96.8 cm³/mol. The Balaban J connectivity index is 1.45. The van der Waals surface area contributed by atoms with Crippen LogP contribution in [0.4, 0.5) is 0 Å². The lowest BCUT2D eigenvalue weighted by Gasteiger charge is -2.32. The molecule has 0 N–H and O–H groups in total. The van der Waals surface area contributed by atoms with Gasteiger partial charge in [0.2, 0.25) is 5.88 Å². The summed E-state index contributed by atoms with van der Waals surface area (Å²) in [4.78, 5) is 19.9. The van der Waals surface area contributed by atoms with Crippen LogP contribution in [-0.2, 0) is 13.6 Å². The van der Waals surface area contributed by atoms with Gasteiger partial charge >= 0.3 is 0 Å². The highest BCUT2D eigenvalue weighted by atomic mass is 16.5. The van der Waals surface area contributed by atoms with E-state index in [1.165, 1.54) is 0 Å². The van der Waals surface area contributed by atoms with Crippen molar-refractivity contribution in [2.24, 2.45) is 7.05 Å². The summed E-state index contributed by atoms with van der Waals surface area (Å²) in [6.07, 6.45) is 13.0. The Labute approximate surface area is 152 Å². The van der Waals surface area contributed by atoms with Crippen LogP contribution in [0.15, 0.2) is 49.3 Å². The van der Waals surface area contributed by atoms with Crippen molar-refractivity contribution in [1.82, 2.24) is 29.4 Å². The van der Waals surface area contributed by atoms with E-state index in [0.717, 1.165) is 44.0 Å². The molecule has 1 atom stereocenters. The predicted octanol–water partition coefficient (Wildman–Crippen LogP) is 2.78. The van der Waals surface area contributed by atoms with Crippen molar-refractivity contribution in [2.75, 3.05) is 13.1 Å². The zero-order chi connectivity index (χ0) is 17.8. The van der Waals surface area contributed by atoms with E-state index in [1.54, 1.807) is 18.6 Å². The highest BCUT2D eigenvalue weighted by Crippen LogP contribution is 2.27. The highest BCUT2D eigenvalue weighted by molar-refractivity contribution is 5.23. The number of imidazole rings is 1. The summed E-state index contributed by atoms with van der Waals surface area (Å²) in [7, 11) is 2.04. The lowest BCUT2D eigenvalue weighted by atomic mass is 9.95. The van der Waals surface area contributed by atoms with Gasteiger partial charge in [0.1, 0.15) is 11.6 Å². The van der Waals surface area contributed by atoms with Gasteiger partial charge in [-0.25, -0.2) is 9.97 Å². The Kier molecular flexibility index (Phi) is 4.88. The maximum atomic E-state index is 5.77. The van der Waals surface area contributed by atoms with Crippen LogP contribution >= 0.6 is 0 Å². The van der Waals surface area contributed by atoms with E-state index < -0.39 is 0 Å². The summed E-state index contributed by atoms with van der Waals surface area (Å²) in [5, 5.41) is 0. The van der Waals surface area contributed by atoms with Crippen LogP contribution < -0.4 is 4.74 Å². The van der Waals surface area contributed by atoms with Crippen LogP contribution in [0.1, 0.15) is 30.3 Å². The number of aromatic nitrogens is 5. The summed E-state index contributed by atoms with van der Waals surface area (Å²) >= 11 is 0. The third kappa shape index (κ3) is 3.88. The first-order valence-electron chi connectivity index (χ1n) is 8.86. The fourth-order valence-electron chi connectivity index (χ4n) is 3.33. The molecule has 134 valence electrons. The molecule has 0 aromatic carbocycles. The number of rotatable bonds is 5. The van der Waals surface area contributed by atoms with Crippen molar-refractivity contribution in [3.8, 4) is 11.6 Å². The van der Waals surface area contributed by atoms with E-state index in [9.17, 15) is 0 Å². The van der Waals surface area contributed by atoms with Crippen LogP contribution in [0.2, 0.25) is 0 Å². The number of aryl methyl sites for hydroxylation is 1. The van der Waals surface area contributed by atoms with Gasteiger partial charge in [-0.2, -0.15) is 0 Å². The first-order chi connectivity index (χ1) is 12.8. The van der Waals surface area contributed by atoms with E-state index in [1.807, 2.05) is 37.8 Å². The number of likely N-dealkylation sites (tertiary alicyclic amines) is 1. The molecule has 0 bridgehead atoms. The second kappa shape index (κ2) is 7.61. The average Bonchev–Trinajstić information content (AvgIpc) is 3.08. The zero-order valence-electron chi connectivity index (χ0n) is 14.8. The third-order valence-corrected chi connectivity index (χ3v) is 4.70. The molecule has 0 spiro atoms. The second-order valence-corrected chi connectivity index (χ2v) is 6.60. The Bertz CT molecular complexity index is 850. The SMILES string of the molecule is Cn1ccnc1CN1CCCC(c2cncc(Oc3cccnc3)n2)C1. The standard InChI is InChI=1S/C19H22N6O/c1-24-9-7-22-18(24)14-25-8-3-4-15(13-25)17-11-21-12-19(23-17)26-16-5-2-6-20-10-16/h2,5-7,9-12,15H,3-4,8,13-14H2,1H3. The molecule has 7 heteroatoms. The molecule has 26 heavy (non-hydrogen) atoms. The molecule has 0 aliphatic carbocycles. The largest absolute Gasteiger partial charge is 0.436 e. The molecule has 0 amide bonds. The van der Waals surface area contributed by atoms with Gasteiger partial charge in [0.15, 0.2) is 0 Å². The fraction of sp³-hybridized carbons (Fsp3) is 0.368. The minimum absolute atomic E-state index is 0.356. The Morgan fingerprint density at radius 2 is 2.15 bits per heavy atom. The first kappa shape index (κ1) is 16.7. The normalized spacial score (nSPS) is 18.0. The van der Waals surface area contributed by atoms with Crippen molar-refractivity contribution in [3.05, 3.63) is 60.8 Å².